The van der Waals surface area contributed by atoms with Crippen molar-refractivity contribution in [3.8, 4) is 0 Å². The fourth-order valence-corrected chi connectivity index (χ4v) is 20.6. The standard InChI is InChI=1S/C21H32IP/c22-23(19-12-4-5-13-19,20-14-6-7-15-20,21-16-8-9-17-21)18-10-2-1-3-11-18/h1-3,10-11,19-21H,4-9,12-17H2. The third kappa shape index (κ3) is 2.47. The van der Waals surface area contributed by atoms with Gasteiger partial charge in [-0.3, -0.25) is 0 Å². The van der Waals surface area contributed by atoms with Gasteiger partial charge in [0.1, 0.15) is 0 Å². The summed E-state index contributed by atoms with van der Waals surface area (Å²) >= 11 is 3.21. The minimum absolute atomic E-state index is 1.04. The van der Waals surface area contributed by atoms with Crippen LogP contribution in [0.1, 0.15) is 77.0 Å². The summed E-state index contributed by atoms with van der Waals surface area (Å²) in [6, 6.07) is 12.0. The van der Waals surface area contributed by atoms with Crippen LogP contribution in [0.5, 0.6) is 0 Å². The summed E-state index contributed by atoms with van der Waals surface area (Å²) in [6.07, 6.45) is 18.2. The van der Waals surface area contributed by atoms with Gasteiger partial charge in [-0.1, -0.05) is 0 Å². The average Bonchev–Trinajstić information content (AvgIpc) is 3.39. The Morgan fingerprint density at radius 1 is 0.609 bits per heavy atom. The molecule has 3 aliphatic rings. The van der Waals surface area contributed by atoms with E-state index < -0.39 is 4.25 Å². The molecular weight excluding hydrogens is 410 g/mol. The van der Waals surface area contributed by atoms with Gasteiger partial charge in [0.2, 0.25) is 0 Å². The number of halogens is 1. The third-order valence-corrected chi connectivity index (χ3v) is 23.7. The second-order valence-electron chi connectivity index (χ2n) is 8.36. The summed E-state index contributed by atoms with van der Waals surface area (Å²) in [5.74, 6) is 0. The molecular formula is C21H32IP. The molecule has 0 unspecified atom stereocenters. The van der Waals surface area contributed by atoms with E-state index in [2.05, 4.69) is 52.4 Å². The van der Waals surface area contributed by atoms with E-state index in [1.165, 1.54) is 77.0 Å². The quantitative estimate of drug-likeness (QED) is 0.347. The van der Waals surface area contributed by atoms with E-state index in [0.717, 1.165) is 17.0 Å². The van der Waals surface area contributed by atoms with Gasteiger partial charge >= 0.3 is 156 Å². The van der Waals surface area contributed by atoms with E-state index in [4.69, 9.17) is 0 Å². The Morgan fingerprint density at radius 3 is 1.30 bits per heavy atom. The molecule has 1 aromatic carbocycles. The van der Waals surface area contributed by atoms with Crippen LogP contribution in [0.3, 0.4) is 0 Å². The molecule has 4 rings (SSSR count). The Labute approximate surface area is 155 Å². The molecule has 0 spiro atoms. The van der Waals surface area contributed by atoms with Crippen molar-refractivity contribution >= 4 is 31.6 Å². The Bertz CT molecular complexity index is 478. The molecule has 0 nitrogen and oxygen atoms in total. The summed E-state index contributed by atoms with van der Waals surface area (Å²) in [7, 11) is 0. The van der Waals surface area contributed by atoms with Crippen molar-refractivity contribution in [2.24, 2.45) is 0 Å². The first-order valence-corrected chi connectivity index (χ1v) is 15.3. The molecule has 3 aliphatic carbocycles. The number of benzene rings is 1. The van der Waals surface area contributed by atoms with Crippen molar-refractivity contribution < 1.29 is 0 Å². The van der Waals surface area contributed by atoms with Crippen molar-refractivity contribution in [3.63, 3.8) is 0 Å². The van der Waals surface area contributed by atoms with E-state index in [9.17, 15) is 0 Å². The first-order valence-electron chi connectivity index (χ1n) is 10.0. The van der Waals surface area contributed by atoms with Gasteiger partial charge in [0.25, 0.3) is 0 Å². The van der Waals surface area contributed by atoms with Crippen molar-refractivity contribution in [1.82, 2.24) is 0 Å². The zero-order valence-corrected chi connectivity index (χ0v) is 17.5. The molecule has 0 atom stereocenters. The minimum atomic E-state index is -1.91. The van der Waals surface area contributed by atoms with Crippen LogP contribution >= 0.6 is 26.3 Å². The maximum absolute atomic E-state index is 3.21. The van der Waals surface area contributed by atoms with Crippen molar-refractivity contribution in [1.29, 1.82) is 0 Å². The molecule has 0 bridgehead atoms. The molecule has 0 radical (unpaired) electrons. The van der Waals surface area contributed by atoms with Crippen molar-refractivity contribution in [3.05, 3.63) is 30.3 Å². The summed E-state index contributed by atoms with van der Waals surface area (Å²) < 4.78 is -1.91. The summed E-state index contributed by atoms with van der Waals surface area (Å²) in [4.78, 5) is 0. The molecule has 0 aliphatic heterocycles. The van der Waals surface area contributed by atoms with Crippen LogP contribution in [0.4, 0.5) is 0 Å². The molecule has 23 heavy (non-hydrogen) atoms. The zero-order valence-electron chi connectivity index (χ0n) is 14.4. The second-order valence-corrected chi connectivity index (χ2v) is 20.0. The van der Waals surface area contributed by atoms with Crippen LogP contribution in [-0.4, -0.2) is 17.0 Å². The van der Waals surface area contributed by atoms with Gasteiger partial charge in [0, 0.05) is 0 Å². The van der Waals surface area contributed by atoms with Crippen LogP contribution in [0.2, 0.25) is 0 Å². The molecule has 0 amide bonds. The van der Waals surface area contributed by atoms with Crippen LogP contribution in [-0.2, 0) is 0 Å². The van der Waals surface area contributed by atoms with Crippen LogP contribution < -0.4 is 5.30 Å². The topological polar surface area (TPSA) is 0 Å². The van der Waals surface area contributed by atoms with Gasteiger partial charge < -0.3 is 0 Å². The molecule has 1 aromatic rings. The summed E-state index contributed by atoms with van der Waals surface area (Å²) in [6.45, 7) is 0. The molecule has 0 aromatic heterocycles. The summed E-state index contributed by atoms with van der Waals surface area (Å²) in [5, 5.41) is 1.82. The van der Waals surface area contributed by atoms with Crippen LogP contribution in [0.25, 0.3) is 0 Å². The molecule has 3 saturated carbocycles. The first-order chi connectivity index (χ1) is 11.2. The molecule has 2 heteroatoms. The average molecular weight is 442 g/mol. The number of rotatable bonds is 4. The Balaban J connectivity index is 1.92. The predicted molar refractivity (Wildman–Crippen MR) is 114 cm³/mol. The van der Waals surface area contributed by atoms with E-state index in [1.54, 1.807) is 0 Å². The molecule has 3 fully saturated rings. The Hall–Kier alpha value is 0.380. The molecule has 0 N–H and O–H groups in total. The van der Waals surface area contributed by atoms with Gasteiger partial charge in [-0.2, -0.15) is 0 Å². The Morgan fingerprint density at radius 2 is 0.957 bits per heavy atom. The maximum atomic E-state index is 3.21. The van der Waals surface area contributed by atoms with Gasteiger partial charge in [-0.25, -0.2) is 0 Å². The molecule has 128 valence electrons. The summed E-state index contributed by atoms with van der Waals surface area (Å²) in [5.41, 5.74) is 3.11. The molecule has 0 heterocycles. The van der Waals surface area contributed by atoms with Crippen molar-refractivity contribution in [2.75, 3.05) is 0 Å². The SMILES string of the molecule is IP(c1ccccc1)(C1CCCC1)(C1CCCC1)C1CCCC1. The Kier molecular flexibility index (Phi) is 4.83. The monoisotopic (exact) mass is 442 g/mol. The number of hydrogen-bond acceptors (Lipinski definition) is 0. The fourth-order valence-electron chi connectivity index (χ4n) is 6.56. The van der Waals surface area contributed by atoms with Gasteiger partial charge in [0.05, 0.1) is 0 Å². The van der Waals surface area contributed by atoms with Gasteiger partial charge in [-0.15, -0.1) is 0 Å². The second kappa shape index (κ2) is 6.60. The van der Waals surface area contributed by atoms with Crippen molar-refractivity contribution in [2.45, 2.75) is 94.0 Å². The normalized spacial score (nSPS) is 26.6. The van der Waals surface area contributed by atoms with E-state index >= 15 is 0 Å². The van der Waals surface area contributed by atoms with E-state index in [1.807, 2.05) is 5.30 Å². The molecule has 0 saturated heterocycles. The van der Waals surface area contributed by atoms with Gasteiger partial charge in [0.15, 0.2) is 0 Å². The van der Waals surface area contributed by atoms with E-state index in [0.29, 0.717) is 0 Å². The number of hydrogen-bond donors (Lipinski definition) is 0. The predicted octanol–water partition coefficient (Wildman–Crippen LogP) is 7.04. The van der Waals surface area contributed by atoms with E-state index in [-0.39, 0.29) is 0 Å². The third-order valence-electron chi connectivity index (χ3n) is 7.50. The zero-order chi connectivity index (χ0) is 15.8. The van der Waals surface area contributed by atoms with Crippen LogP contribution in [0.15, 0.2) is 30.3 Å². The van der Waals surface area contributed by atoms with Gasteiger partial charge in [-0.05, 0) is 0 Å². The first kappa shape index (κ1) is 16.8. The van der Waals surface area contributed by atoms with Crippen LogP contribution in [0, 0.1) is 0 Å². The fraction of sp³-hybridized carbons (Fsp3) is 0.714.